The Morgan fingerprint density at radius 3 is 2.12 bits per heavy atom. The molecule has 0 spiro atoms. The molecule has 0 radical (unpaired) electrons. The molecule has 6 heteroatoms. The van der Waals surface area contributed by atoms with Gasteiger partial charge in [-0.25, -0.2) is 4.98 Å². The Morgan fingerprint density at radius 1 is 1.00 bits per heavy atom. The smallest absolute Gasteiger partial charge is 0.137 e. The van der Waals surface area contributed by atoms with Gasteiger partial charge in [0.1, 0.15) is 5.82 Å². The van der Waals surface area contributed by atoms with E-state index in [1.807, 2.05) is 24.3 Å². The van der Waals surface area contributed by atoms with Gasteiger partial charge in [0.2, 0.25) is 0 Å². The van der Waals surface area contributed by atoms with Gasteiger partial charge in [0.05, 0.1) is 29.0 Å². The molecule has 26 heavy (non-hydrogen) atoms. The minimum absolute atomic E-state index is 0.399. The van der Waals surface area contributed by atoms with Crippen LogP contribution in [0, 0.1) is 0 Å². The maximum absolute atomic E-state index is 9.41. The van der Waals surface area contributed by atoms with Crippen molar-refractivity contribution < 1.29 is 5.11 Å². The highest BCUT2D eigenvalue weighted by Gasteiger charge is 2.13. The van der Waals surface area contributed by atoms with Crippen LogP contribution in [0.5, 0.6) is 0 Å². The molecular weight excluding hydrogens is 458 g/mol. The molecule has 0 bridgehead atoms. The van der Waals surface area contributed by atoms with E-state index in [2.05, 4.69) is 71.0 Å². The van der Waals surface area contributed by atoms with E-state index in [0.29, 0.717) is 6.54 Å². The Kier molecular flexibility index (Phi) is 4.73. The zero-order chi connectivity index (χ0) is 18.3. The van der Waals surface area contributed by atoms with Crippen LogP contribution in [0.4, 0.5) is 5.69 Å². The van der Waals surface area contributed by atoms with Gasteiger partial charge in [0.15, 0.2) is 0 Å². The molecule has 4 nitrogen and oxygen atoms in total. The molecule has 0 aliphatic heterocycles. The SMILES string of the molecule is CC(O)CNc1ccc(-n2c3ccc(Br)cc3c3cc(Br)ccc32)nc1. The van der Waals surface area contributed by atoms with E-state index < -0.39 is 6.10 Å². The highest BCUT2D eigenvalue weighted by molar-refractivity contribution is 9.10. The van der Waals surface area contributed by atoms with E-state index in [1.165, 1.54) is 10.8 Å². The van der Waals surface area contributed by atoms with Crippen LogP contribution in [0.25, 0.3) is 27.6 Å². The molecule has 1 unspecified atom stereocenters. The number of anilines is 1. The van der Waals surface area contributed by atoms with Crippen molar-refractivity contribution in [2.45, 2.75) is 13.0 Å². The summed E-state index contributed by atoms with van der Waals surface area (Å²) >= 11 is 7.15. The lowest BCUT2D eigenvalue weighted by molar-refractivity contribution is 0.208. The van der Waals surface area contributed by atoms with Crippen molar-refractivity contribution in [3.63, 3.8) is 0 Å². The number of pyridine rings is 1. The fourth-order valence-electron chi connectivity index (χ4n) is 3.10. The summed E-state index contributed by atoms with van der Waals surface area (Å²) in [4.78, 5) is 4.64. The maximum Gasteiger partial charge on any atom is 0.137 e. The Labute approximate surface area is 168 Å². The molecule has 0 aliphatic rings. The number of fused-ring (bicyclic) bond motifs is 3. The summed E-state index contributed by atoms with van der Waals surface area (Å²) in [6.07, 6.45) is 1.40. The van der Waals surface area contributed by atoms with Gasteiger partial charge in [-0.15, -0.1) is 0 Å². The summed E-state index contributed by atoms with van der Waals surface area (Å²) in [5, 5.41) is 14.9. The number of hydrogen-bond donors (Lipinski definition) is 2. The largest absolute Gasteiger partial charge is 0.392 e. The Morgan fingerprint density at radius 2 is 1.62 bits per heavy atom. The van der Waals surface area contributed by atoms with Gasteiger partial charge in [0, 0.05) is 26.3 Å². The fourth-order valence-corrected chi connectivity index (χ4v) is 3.83. The number of nitrogens with zero attached hydrogens (tertiary/aromatic N) is 2. The maximum atomic E-state index is 9.41. The van der Waals surface area contributed by atoms with Crippen LogP contribution in [-0.4, -0.2) is 27.3 Å². The molecule has 4 aromatic rings. The molecule has 0 aliphatic carbocycles. The first-order valence-corrected chi connectivity index (χ1v) is 9.89. The van der Waals surface area contributed by atoms with E-state index in [9.17, 15) is 5.11 Å². The van der Waals surface area contributed by atoms with Crippen molar-refractivity contribution in [1.82, 2.24) is 9.55 Å². The molecule has 0 fully saturated rings. The fraction of sp³-hybridized carbons (Fsp3) is 0.150. The van der Waals surface area contributed by atoms with Crippen molar-refractivity contribution in [2.75, 3.05) is 11.9 Å². The van der Waals surface area contributed by atoms with Crippen LogP contribution in [0.2, 0.25) is 0 Å². The summed E-state index contributed by atoms with van der Waals surface area (Å²) in [7, 11) is 0. The minimum atomic E-state index is -0.399. The minimum Gasteiger partial charge on any atom is -0.392 e. The van der Waals surface area contributed by atoms with Gasteiger partial charge in [-0.1, -0.05) is 31.9 Å². The third-order valence-electron chi connectivity index (χ3n) is 4.27. The number of rotatable bonds is 4. The Hall–Kier alpha value is -1.89. The van der Waals surface area contributed by atoms with Crippen molar-refractivity contribution >= 4 is 59.4 Å². The van der Waals surface area contributed by atoms with Crippen molar-refractivity contribution in [1.29, 1.82) is 0 Å². The first-order valence-electron chi connectivity index (χ1n) is 8.30. The summed E-state index contributed by atoms with van der Waals surface area (Å²) in [6.45, 7) is 2.25. The van der Waals surface area contributed by atoms with Crippen LogP contribution in [0.15, 0.2) is 63.7 Å². The molecule has 2 aromatic carbocycles. The van der Waals surface area contributed by atoms with Gasteiger partial charge < -0.3 is 10.4 Å². The molecule has 0 amide bonds. The second-order valence-corrected chi connectivity index (χ2v) is 8.12. The van der Waals surface area contributed by atoms with Gasteiger partial charge >= 0.3 is 0 Å². The zero-order valence-electron chi connectivity index (χ0n) is 14.1. The number of nitrogens with one attached hydrogen (secondary N) is 1. The zero-order valence-corrected chi connectivity index (χ0v) is 17.3. The number of aliphatic hydroxyl groups excluding tert-OH is 1. The van der Waals surface area contributed by atoms with Crippen LogP contribution in [-0.2, 0) is 0 Å². The number of hydrogen-bond acceptors (Lipinski definition) is 3. The van der Waals surface area contributed by atoms with E-state index in [-0.39, 0.29) is 0 Å². The van der Waals surface area contributed by atoms with E-state index in [0.717, 1.165) is 31.5 Å². The molecular formula is C20H17Br2N3O. The van der Waals surface area contributed by atoms with Crippen LogP contribution in [0.3, 0.4) is 0 Å². The monoisotopic (exact) mass is 473 g/mol. The third kappa shape index (κ3) is 3.24. The molecule has 132 valence electrons. The highest BCUT2D eigenvalue weighted by atomic mass is 79.9. The first-order chi connectivity index (χ1) is 12.5. The van der Waals surface area contributed by atoms with Gasteiger partial charge in [-0.2, -0.15) is 0 Å². The lowest BCUT2D eigenvalue weighted by Gasteiger charge is -2.10. The van der Waals surface area contributed by atoms with Gasteiger partial charge in [0.25, 0.3) is 0 Å². The lowest BCUT2D eigenvalue weighted by Crippen LogP contribution is -2.15. The van der Waals surface area contributed by atoms with Crippen LogP contribution in [0.1, 0.15) is 6.92 Å². The topological polar surface area (TPSA) is 50.1 Å². The number of benzene rings is 2. The van der Waals surface area contributed by atoms with E-state index >= 15 is 0 Å². The van der Waals surface area contributed by atoms with Crippen molar-refractivity contribution in [2.24, 2.45) is 0 Å². The normalized spacial score (nSPS) is 12.6. The molecule has 2 heterocycles. The van der Waals surface area contributed by atoms with Gasteiger partial charge in [-0.05, 0) is 55.5 Å². The summed E-state index contributed by atoms with van der Waals surface area (Å²) in [6, 6.07) is 16.6. The predicted molar refractivity (Wildman–Crippen MR) is 114 cm³/mol. The molecule has 0 saturated carbocycles. The Bertz CT molecular complexity index is 1030. The lowest BCUT2D eigenvalue weighted by atomic mass is 10.2. The molecule has 2 N–H and O–H groups in total. The van der Waals surface area contributed by atoms with Gasteiger partial charge in [-0.3, -0.25) is 4.57 Å². The van der Waals surface area contributed by atoms with Crippen molar-refractivity contribution in [3.8, 4) is 5.82 Å². The van der Waals surface area contributed by atoms with Crippen molar-refractivity contribution in [3.05, 3.63) is 63.7 Å². The molecule has 4 rings (SSSR count). The standard InChI is InChI=1S/C20H17Br2N3O/c1-12(26)10-23-15-4-7-20(24-11-15)25-18-5-2-13(21)8-16(18)17-9-14(22)3-6-19(17)25/h2-9,11-12,23,26H,10H2,1H3. The first kappa shape index (κ1) is 17.5. The summed E-state index contributed by atoms with van der Waals surface area (Å²) < 4.78 is 4.27. The van der Waals surface area contributed by atoms with E-state index in [4.69, 9.17) is 0 Å². The summed E-state index contributed by atoms with van der Waals surface area (Å²) in [5.74, 6) is 0.859. The second kappa shape index (κ2) is 7.02. The number of halogens is 2. The quantitative estimate of drug-likeness (QED) is 0.410. The second-order valence-electron chi connectivity index (χ2n) is 6.29. The highest BCUT2D eigenvalue weighted by Crippen LogP contribution is 2.34. The van der Waals surface area contributed by atoms with Crippen LogP contribution < -0.4 is 5.32 Å². The number of aliphatic hydroxyl groups is 1. The predicted octanol–water partition coefficient (Wildman–Crippen LogP) is 5.50. The molecule has 2 aromatic heterocycles. The third-order valence-corrected chi connectivity index (χ3v) is 5.25. The average molecular weight is 475 g/mol. The number of aromatic nitrogens is 2. The molecule has 0 saturated heterocycles. The van der Waals surface area contributed by atoms with E-state index in [1.54, 1.807) is 13.1 Å². The summed E-state index contributed by atoms with van der Waals surface area (Å²) in [5.41, 5.74) is 3.11. The molecule has 1 atom stereocenters. The van der Waals surface area contributed by atoms with Crippen LogP contribution >= 0.6 is 31.9 Å². The average Bonchev–Trinajstić information content (AvgIpc) is 2.93. The Balaban J connectivity index is 1.87.